The van der Waals surface area contributed by atoms with E-state index in [9.17, 15) is 19.2 Å². The fourth-order valence-electron chi connectivity index (χ4n) is 2.74. The van der Waals surface area contributed by atoms with Gasteiger partial charge in [0.05, 0.1) is 12.1 Å². The number of benzene rings is 1. The molecule has 0 fully saturated rings. The summed E-state index contributed by atoms with van der Waals surface area (Å²) in [4.78, 5) is 55.4. The number of Topliss-reactive ketones (excluding diaryl/α,β-unsaturated/α-hetero) is 1. The van der Waals surface area contributed by atoms with Crippen LogP contribution < -0.4 is 16.4 Å². The monoisotopic (exact) mass is 431 g/mol. The summed E-state index contributed by atoms with van der Waals surface area (Å²) in [5.74, 6) is -1.43. The summed E-state index contributed by atoms with van der Waals surface area (Å²) in [5.41, 5.74) is 7.77. The van der Waals surface area contributed by atoms with E-state index in [1.807, 2.05) is 0 Å². The largest absolute Gasteiger partial charge is 0.391 e. The summed E-state index contributed by atoms with van der Waals surface area (Å²) >= 11 is 0. The van der Waals surface area contributed by atoms with Crippen molar-refractivity contribution in [1.82, 2.24) is 10.6 Å². The van der Waals surface area contributed by atoms with Crippen LogP contribution in [0.1, 0.15) is 44.7 Å². The van der Waals surface area contributed by atoms with Gasteiger partial charge in [0.25, 0.3) is 0 Å². The lowest BCUT2D eigenvalue weighted by molar-refractivity contribution is -0.141. The Morgan fingerprint density at radius 3 is 2.48 bits per heavy atom. The Balaban J connectivity index is 1.85. The van der Waals surface area contributed by atoms with Crippen LogP contribution in [0.3, 0.4) is 0 Å². The Kier molecular flexibility index (Phi) is 8.24. The molecule has 0 aliphatic carbocycles. The topological polar surface area (TPSA) is 162 Å². The standard InChI is InChI=1S/C20H25N5O6/c1-11(26)18(23-12(2)27)10-22-19(29)9-16-8-17(24-31-16)14-4-6-15(7-5-14)20(21)25-30-13(3)28/h4-7,16,18H,8-10H2,1-3H3,(H2,21,25)(H,22,29)(H,23,27). The zero-order valence-electron chi connectivity index (χ0n) is 17.5. The second-order valence-electron chi connectivity index (χ2n) is 6.98. The summed E-state index contributed by atoms with van der Waals surface area (Å²) in [6.07, 6.45) is 0.0328. The molecule has 0 saturated carbocycles. The lowest BCUT2D eigenvalue weighted by Crippen LogP contribution is -2.47. The lowest BCUT2D eigenvalue weighted by Gasteiger charge is -2.16. The first kappa shape index (κ1) is 23.5. The van der Waals surface area contributed by atoms with E-state index in [-0.39, 0.29) is 36.4 Å². The molecule has 2 amide bonds. The summed E-state index contributed by atoms with van der Waals surface area (Å²) < 4.78 is 0. The smallest absolute Gasteiger partial charge is 0.332 e. The van der Waals surface area contributed by atoms with E-state index in [1.165, 1.54) is 20.8 Å². The molecule has 1 heterocycles. The summed E-state index contributed by atoms with van der Waals surface area (Å²) in [5, 5.41) is 12.7. The molecular formula is C20H25N5O6. The number of hydrogen-bond acceptors (Lipinski definition) is 8. The number of carbonyl (C=O) groups is 4. The molecular weight excluding hydrogens is 406 g/mol. The van der Waals surface area contributed by atoms with Crippen molar-refractivity contribution in [2.24, 2.45) is 16.0 Å². The molecule has 0 saturated heterocycles. The summed E-state index contributed by atoms with van der Waals surface area (Å²) in [6, 6.07) is 6.16. The zero-order valence-corrected chi connectivity index (χ0v) is 17.5. The Labute approximate surface area is 179 Å². The average Bonchev–Trinajstić information content (AvgIpc) is 3.17. The molecule has 11 heteroatoms. The number of ketones is 1. The van der Waals surface area contributed by atoms with Gasteiger partial charge >= 0.3 is 5.97 Å². The molecule has 2 rings (SSSR count). The number of rotatable bonds is 9. The average molecular weight is 431 g/mol. The van der Waals surface area contributed by atoms with Gasteiger partial charge in [-0.2, -0.15) is 0 Å². The summed E-state index contributed by atoms with van der Waals surface area (Å²) in [6.45, 7) is 3.87. The second-order valence-corrected chi connectivity index (χ2v) is 6.98. The van der Waals surface area contributed by atoms with E-state index in [4.69, 9.17) is 10.6 Å². The first-order valence-electron chi connectivity index (χ1n) is 9.54. The van der Waals surface area contributed by atoms with Crippen LogP contribution in [0.4, 0.5) is 0 Å². The molecule has 166 valence electrons. The van der Waals surface area contributed by atoms with Crippen molar-refractivity contribution in [2.75, 3.05) is 6.54 Å². The number of amides is 2. The molecule has 2 unspecified atom stereocenters. The van der Waals surface area contributed by atoms with E-state index in [1.54, 1.807) is 24.3 Å². The maximum absolute atomic E-state index is 12.2. The predicted molar refractivity (Wildman–Crippen MR) is 111 cm³/mol. The van der Waals surface area contributed by atoms with Crippen molar-refractivity contribution < 1.29 is 28.9 Å². The van der Waals surface area contributed by atoms with Crippen molar-refractivity contribution in [2.45, 2.75) is 45.8 Å². The highest BCUT2D eigenvalue weighted by Crippen LogP contribution is 2.19. The van der Waals surface area contributed by atoms with Gasteiger partial charge < -0.3 is 26.0 Å². The quantitative estimate of drug-likeness (QED) is 0.214. The number of hydrogen-bond donors (Lipinski definition) is 3. The molecule has 1 aliphatic rings. The Bertz CT molecular complexity index is 909. The van der Waals surface area contributed by atoms with Crippen LogP contribution in [0, 0.1) is 0 Å². The molecule has 1 aromatic carbocycles. The van der Waals surface area contributed by atoms with E-state index < -0.39 is 18.1 Å². The van der Waals surface area contributed by atoms with E-state index in [2.05, 4.69) is 25.8 Å². The fraction of sp³-hybridized carbons (Fsp3) is 0.400. The van der Waals surface area contributed by atoms with Crippen LogP contribution in [0.2, 0.25) is 0 Å². The maximum Gasteiger partial charge on any atom is 0.332 e. The third-order valence-electron chi connectivity index (χ3n) is 4.30. The van der Waals surface area contributed by atoms with E-state index in [0.717, 1.165) is 5.56 Å². The Morgan fingerprint density at radius 1 is 1.23 bits per heavy atom. The number of nitrogens with zero attached hydrogens (tertiary/aromatic N) is 2. The summed E-state index contributed by atoms with van der Waals surface area (Å²) in [7, 11) is 0. The lowest BCUT2D eigenvalue weighted by atomic mass is 10.0. The molecule has 11 nitrogen and oxygen atoms in total. The van der Waals surface area contributed by atoms with Gasteiger partial charge in [-0.15, -0.1) is 0 Å². The number of nitrogens with two attached hydrogens (primary N) is 1. The normalized spacial score (nSPS) is 16.5. The fourth-order valence-corrected chi connectivity index (χ4v) is 2.74. The highest BCUT2D eigenvalue weighted by Gasteiger charge is 2.25. The highest BCUT2D eigenvalue weighted by molar-refractivity contribution is 6.03. The van der Waals surface area contributed by atoms with Gasteiger partial charge in [-0.1, -0.05) is 34.6 Å². The van der Waals surface area contributed by atoms with Crippen molar-refractivity contribution in [3.8, 4) is 0 Å². The third kappa shape index (κ3) is 7.53. The molecule has 0 spiro atoms. The maximum atomic E-state index is 12.2. The van der Waals surface area contributed by atoms with Crippen molar-refractivity contribution in [3.63, 3.8) is 0 Å². The van der Waals surface area contributed by atoms with E-state index >= 15 is 0 Å². The van der Waals surface area contributed by atoms with Crippen molar-refractivity contribution >= 4 is 35.1 Å². The molecule has 4 N–H and O–H groups in total. The molecule has 31 heavy (non-hydrogen) atoms. The van der Waals surface area contributed by atoms with Gasteiger partial charge in [0, 0.05) is 32.4 Å². The SMILES string of the molecule is CC(=O)NC(CNC(=O)CC1CC(c2ccc(/C(N)=N\OC(C)=O)cc2)=NO1)C(C)=O. The van der Waals surface area contributed by atoms with Crippen LogP contribution in [-0.2, 0) is 28.9 Å². The molecule has 1 aromatic rings. The van der Waals surface area contributed by atoms with Gasteiger partial charge in [0.2, 0.25) is 11.8 Å². The van der Waals surface area contributed by atoms with Crippen LogP contribution >= 0.6 is 0 Å². The van der Waals surface area contributed by atoms with Gasteiger partial charge in [0.15, 0.2) is 11.6 Å². The molecule has 2 atom stereocenters. The van der Waals surface area contributed by atoms with Crippen LogP contribution in [-0.4, -0.2) is 53.8 Å². The zero-order chi connectivity index (χ0) is 23.0. The first-order valence-corrected chi connectivity index (χ1v) is 9.54. The third-order valence-corrected chi connectivity index (χ3v) is 4.30. The Hall–Kier alpha value is -3.76. The predicted octanol–water partition coefficient (Wildman–Crippen LogP) is -0.0370. The van der Waals surface area contributed by atoms with Crippen LogP contribution in [0.5, 0.6) is 0 Å². The van der Waals surface area contributed by atoms with Crippen molar-refractivity contribution in [3.05, 3.63) is 35.4 Å². The van der Waals surface area contributed by atoms with Crippen LogP contribution in [0.15, 0.2) is 34.6 Å². The number of nitrogens with one attached hydrogen (secondary N) is 2. The van der Waals surface area contributed by atoms with Crippen molar-refractivity contribution in [1.29, 1.82) is 0 Å². The second kappa shape index (κ2) is 10.9. The molecule has 1 aliphatic heterocycles. The molecule has 0 radical (unpaired) electrons. The number of carbonyl (C=O) groups excluding carboxylic acids is 4. The van der Waals surface area contributed by atoms with Gasteiger partial charge in [-0.3, -0.25) is 14.4 Å². The van der Waals surface area contributed by atoms with E-state index in [0.29, 0.717) is 17.7 Å². The minimum atomic E-state index is -0.770. The van der Waals surface area contributed by atoms with Gasteiger partial charge in [-0.05, 0) is 12.5 Å². The van der Waals surface area contributed by atoms with Gasteiger partial charge in [0.1, 0.15) is 12.1 Å². The van der Waals surface area contributed by atoms with Gasteiger partial charge in [-0.25, -0.2) is 4.79 Å². The number of amidine groups is 1. The highest BCUT2D eigenvalue weighted by atomic mass is 16.7. The first-order chi connectivity index (χ1) is 14.7. The molecule has 0 bridgehead atoms. The minimum absolute atomic E-state index is 0.00591. The minimum Gasteiger partial charge on any atom is -0.391 e. The van der Waals surface area contributed by atoms with Crippen LogP contribution in [0.25, 0.3) is 0 Å². The molecule has 0 aromatic heterocycles. The number of oxime groups is 2. The Morgan fingerprint density at radius 2 is 1.90 bits per heavy atom.